The van der Waals surface area contributed by atoms with Gasteiger partial charge in [-0.2, -0.15) is 0 Å². The van der Waals surface area contributed by atoms with Crippen molar-refractivity contribution in [1.82, 2.24) is 9.80 Å². The molecular formula is C14H23BrN2O3. The van der Waals surface area contributed by atoms with Gasteiger partial charge in [-0.1, -0.05) is 15.9 Å². The van der Waals surface area contributed by atoms with Crippen LogP contribution in [0.1, 0.15) is 33.6 Å². The van der Waals surface area contributed by atoms with Gasteiger partial charge < -0.3 is 14.5 Å². The Morgan fingerprint density at radius 2 is 2.10 bits per heavy atom. The van der Waals surface area contributed by atoms with Crippen LogP contribution in [-0.2, 0) is 9.53 Å². The van der Waals surface area contributed by atoms with E-state index in [1.807, 2.05) is 25.7 Å². The molecular weight excluding hydrogens is 324 g/mol. The summed E-state index contributed by atoms with van der Waals surface area (Å²) in [6, 6.07) is 0. The van der Waals surface area contributed by atoms with Crippen molar-refractivity contribution in [1.29, 1.82) is 0 Å². The number of likely N-dealkylation sites (tertiary alicyclic amines) is 2. The highest BCUT2D eigenvalue weighted by molar-refractivity contribution is 9.09. The van der Waals surface area contributed by atoms with E-state index in [0.717, 1.165) is 26.1 Å². The quantitative estimate of drug-likeness (QED) is 0.720. The lowest BCUT2D eigenvalue weighted by Gasteiger charge is -2.25. The Bertz CT molecular complexity index is 394. The van der Waals surface area contributed by atoms with Crippen molar-refractivity contribution in [3.05, 3.63) is 0 Å². The van der Waals surface area contributed by atoms with Gasteiger partial charge in [0, 0.05) is 37.4 Å². The lowest BCUT2D eigenvalue weighted by molar-refractivity contribution is -0.128. The molecule has 0 bridgehead atoms. The fourth-order valence-electron chi connectivity index (χ4n) is 2.69. The number of carbonyl (C=O) groups excluding carboxylic acids is 2. The van der Waals surface area contributed by atoms with Crippen LogP contribution in [0.15, 0.2) is 0 Å². The number of hydrogen-bond acceptors (Lipinski definition) is 3. The fourth-order valence-corrected chi connectivity index (χ4v) is 3.31. The average Bonchev–Trinajstić information content (AvgIpc) is 2.85. The molecule has 2 saturated heterocycles. The van der Waals surface area contributed by atoms with E-state index in [2.05, 4.69) is 15.9 Å². The zero-order valence-electron chi connectivity index (χ0n) is 12.4. The molecule has 0 aromatic heterocycles. The topological polar surface area (TPSA) is 49.9 Å². The van der Waals surface area contributed by atoms with E-state index in [1.165, 1.54) is 0 Å². The Balaban J connectivity index is 1.81. The van der Waals surface area contributed by atoms with Gasteiger partial charge in [0.1, 0.15) is 5.60 Å². The monoisotopic (exact) mass is 346 g/mol. The van der Waals surface area contributed by atoms with Crippen LogP contribution in [0.25, 0.3) is 0 Å². The predicted molar refractivity (Wildman–Crippen MR) is 79.8 cm³/mol. The first kappa shape index (κ1) is 15.6. The highest BCUT2D eigenvalue weighted by Gasteiger charge is 2.34. The summed E-state index contributed by atoms with van der Waals surface area (Å²) >= 11 is 3.49. The molecule has 0 aromatic carbocycles. The molecule has 114 valence electrons. The standard InChI is InChI=1S/C14H23BrN2O3/c1-14(2,3)20-13(19)16-5-4-10(7-16)8-17-9-11(15)6-12(17)18/h10-11H,4-9H2,1-3H3/t10-,11?/m0/s1. The van der Waals surface area contributed by atoms with Crippen molar-refractivity contribution in [2.45, 2.75) is 44.0 Å². The van der Waals surface area contributed by atoms with Gasteiger partial charge in [0.05, 0.1) is 0 Å². The van der Waals surface area contributed by atoms with Crippen molar-refractivity contribution in [3.8, 4) is 0 Å². The van der Waals surface area contributed by atoms with Gasteiger partial charge in [0.2, 0.25) is 5.91 Å². The third-order valence-corrected chi connectivity index (χ3v) is 4.20. The van der Waals surface area contributed by atoms with E-state index < -0.39 is 5.60 Å². The molecule has 20 heavy (non-hydrogen) atoms. The van der Waals surface area contributed by atoms with Crippen LogP contribution >= 0.6 is 15.9 Å². The lowest BCUT2D eigenvalue weighted by Crippen LogP contribution is -2.37. The van der Waals surface area contributed by atoms with Crippen LogP contribution in [0, 0.1) is 5.92 Å². The first-order valence-corrected chi connectivity index (χ1v) is 8.06. The number of rotatable bonds is 2. The van der Waals surface area contributed by atoms with E-state index in [1.54, 1.807) is 4.90 Å². The summed E-state index contributed by atoms with van der Waals surface area (Å²) < 4.78 is 5.38. The number of hydrogen-bond donors (Lipinski definition) is 0. The molecule has 0 aromatic rings. The predicted octanol–water partition coefficient (Wildman–Crippen LogP) is 2.24. The Labute approximate surface area is 128 Å². The molecule has 0 radical (unpaired) electrons. The summed E-state index contributed by atoms with van der Waals surface area (Å²) in [5.41, 5.74) is -0.455. The van der Waals surface area contributed by atoms with Gasteiger partial charge in [-0.3, -0.25) is 4.79 Å². The summed E-state index contributed by atoms with van der Waals surface area (Å²) in [4.78, 5) is 27.7. The molecule has 0 saturated carbocycles. The van der Waals surface area contributed by atoms with Crippen LogP contribution < -0.4 is 0 Å². The summed E-state index contributed by atoms with van der Waals surface area (Å²) in [6.45, 7) is 8.56. The zero-order chi connectivity index (χ0) is 14.9. The summed E-state index contributed by atoms with van der Waals surface area (Å²) in [6.07, 6.45) is 1.28. The van der Waals surface area contributed by atoms with Gasteiger partial charge in [-0.05, 0) is 33.1 Å². The van der Waals surface area contributed by atoms with Crippen molar-refractivity contribution in [2.75, 3.05) is 26.2 Å². The Kier molecular flexibility index (Phi) is 4.62. The second-order valence-corrected chi connectivity index (χ2v) is 7.98. The number of carbonyl (C=O) groups is 2. The highest BCUT2D eigenvalue weighted by Crippen LogP contribution is 2.24. The molecule has 2 rings (SSSR count). The maximum Gasteiger partial charge on any atom is 0.410 e. The lowest BCUT2D eigenvalue weighted by atomic mass is 10.1. The van der Waals surface area contributed by atoms with E-state index in [-0.39, 0.29) is 16.8 Å². The molecule has 2 atom stereocenters. The molecule has 2 heterocycles. The molecule has 0 spiro atoms. The number of ether oxygens (including phenoxy) is 1. The van der Waals surface area contributed by atoms with Crippen LogP contribution in [-0.4, -0.2) is 58.4 Å². The minimum atomic E-state index is -0.455. The van der Waals surface area contributed by atoms with Crippen molar-refractivity contribution >= 4 is 27.9 Å². The van der Waals surface area contributed by atoms with Gasteiger partial charge in [-0.25, -0.2) is 4.79 Å². The van der Waals surface area contributed by atoms with E-state index in [0.29, 0.717) is 18.9 Å². The number of alkyl halides is 1. The number of nitrogens with zero attached hydrogens (tertiary/aromatic N) is 2. The third-order valence-electron chi connectivity index (χ3n) is 3.58. The molecule has 2 amide bonds. The zero-order valence-corrected chi connectivity index (χ0v) is 14.0. The summed E-state index contributed by atoms with van der Waals surface area (Å²) in [5, 5.41) is 0. The minimum Gasteiger partial charge on any atom is -0.444 e. The van der Waals surface area contributed by atoms with E-state index in [4.69, 9.17) is 4.74 Å². The summed E-state index contributed by atoms with van der Waals surface area (Å²) in [7, 11) is 0. The van der Waals surface area contributed by atoms with Crippen LogP contribution in [0.5, 0.6) is 0 Å². The smallest absolute Gasteiger partial charge is 0.410 e. The van der Waals surface area contributed by atoms with Crippen LogP contribution in [0.2, 0.25) is 0 Å². The maximum atomic E-state index is 12.0. The van der Waals surface area contributed by atoms with Crippen molar-refractivity contribution < 1.29 is 14.3 Å². The Hall–Kier alpha value is -0.780. The maximum absolute atomic E-state index is 12.0. The second kappa shape index (κ2) is 5.92. The van der Waals surface area contributed by atoms with Gasteiger partial charge in [-0.15, -0.1) is 0 Å². The Morgan fingerprint density at radius 3 is 2.65 bits per heavy atom. The van der Waals surface area contributed by atoms with Gasteiger partial charge >= 0.3 is 6.09 Å². The molecule has 0 N–H and O–H groups in total. The van der Waals surface area contributed by atoms with E-state index >= 15 is 0 Å². The SMILES string of the molecule is CC(C)(C)OC(=O)N1CC[C@H](CN2CC(Br)CC2=O)C1. The van der Waals surface area contributed by atoms with Crippen LogP contribution in [0.4, 0.5) is 4.79 Å². The van der Waals surface area contributed by atoms with Crippen molar-refractivity contribution in [2.24, 2.45) is 5.92 Å². The van der Waals surface area contributed by atoms with Crippen molar-refractivity contribution in [3.63, 3.8) is 0 Å². The summed E-state index contributed by atoms with van der Waals surface area (Å²) in [5.74, 6) is 0.576. The molecule has 0 aliphatic carbocycles. The first-order chi connectivity index (χ1) is 9.24. The second-order valence-electron chi connectivity index (χ2n) is 6.68. The normalized spacial score (nSPS) is 27.3. The number of halogens is 1. The molecule has 2 aliphatic rings. The molecule has 2 fully saturated rings. The fraction of sp³-hybridized carbons (Fsp3) is 0.857. The molecule has 5 nitrogen and oxygen atoms in total. The minimum absolute atomic E-state index is 0.211. The first-order valence-electron chi connectivity index (χ1n) is 7.14. The molecule has 2 aliphatic heterocycles. The molecule has 1 unspecified atom stereocenters. The van der Waals surface area contributed by atoms with Gasteiger partial charge in [0.25, 0.3) is 0 Å². The third kappa shape index (κ3) is 4.11. The largest absolute Gasteiger partial charge is 0.444 e. The van der Waals surface area contributed by atoms with E-state index in [9.17, 15) is 9.59 Å². The van der Waals surface area contributed by atoms with Crippen LogP contribution in [0.3, 0.4) is 0 Å². The van der Waals surface area contributed by atoms with Gasteiger partial charge in [0.15, 0.2) is 0 Å². The average molecular weight is 347 g/mol. The molecule has 6 heteroatoms. The Morgan fingerprint density at radius 1 is 1.40 bits per heavy atom. The highest BCUT2D eigenvalue weighted by atomic mass is 79.9. The number of amides is 2.